The fourth-order valence-corrected chi connectivity index (χ4v) is 3.56. The molecule has 3 amide bonds. The van der Waals surface area contributed by atoms with Crippen LogP contribution in [0.25, 0.3) is 0 Å². The monoisotopic (exact) mass is 444 g/mol. The summed E-state index contributed by atoms with van der Waals surface area (Å²) in [6, 6.07) is 10.5. The number of benzene rings is 2. The Balaban J connectivity index is 1.32. The molecule has 144 valence electrons. The maximum Gasteiger partial charge on any atom is 0.262 e. The van der Waals surface area contributed by atoms with Crippen LogP contribution in [0.15, 0.2) is 40.9 Å². The van der Waals surface area contributed by atoms with E-state index in [9.17, 15) is 14.4 Å². The first-order valence-electron chi connectivity index (χ1n) is 8.84. The van der Waals surface area contributed by atoms with Crippen molar-refractivity contribution < 1.29 is 23.9 Å². The number of halogens is 1. The Bertz CT molecular complexity index is 975. The molecule has 2 aromatic carbocycles. The van der Waals surface area contributed by atoms with Gasteiger partial charge >= 0.3 is 0 Å². The second kappa shape index (κ2) is 7.63. The number of imide groups is 1. The van der Waals surface area contributed by atoms with Gasteiger partial charge in [-0.2, -0.15) is 0 Å². The molecule has 0 spiro atoms. The maximum absolute atomic E-state index is 12.4. The van der Waals surface area contributed by atoms with E-state index >= 15 is 0 Å². The van der Waals surface area contributed by atoms with Crippen LogP contribution < -0.4 is 14.8 Å². The molecule has 0 unspecified atom stereocenters. The second-order valence-corrected chi connectivity index (χ2v) is 7.38. The summed E-state index contributed by atoms with van der Waals surface area (Å²) >= 11 is 3.28. The molecule has 1 N–H and O–H groups in total. The first kappa shape index (κ1) is 18.5. The van der Waals surface area contributed by atoms with Gasteiger partial charge < -0.3 is 14.8 Å². The van der Waals surface area contributed by atoms with E-state index in [4.69, 9.17) is 9.47 Å². The standard InChI is InChI=1S/C20H17BrN2O5/c21-13-2-3-14-15(10-13)20(26)23(19(14)25)11-18(24)22-6-5-12-1-4-16-17(9-12)28-8-7-27-16/h1-4,9-10H,5-8,11H2,(H,22,24). The van der Waals surface area contributed by atoms with E-state index in [1.165, 1.54) is 0 Å². The van der Waals surface area contributed by atoms with Crippen LogP contribution in [0.3, 0.4) is 0 Å². The largest absolute Gasteiger partial charge is 0.486 e. The van der Waals surface area contributed by atoms with E-state index in [-0.39, 0.29) is 12.5 Å². The number of nitrogens with one attached hydrogen (secondary N) is 1. The summed E-state index contributed by atoms with van der Waals surface area (Å²) in [7, 11) is 0. The number of ether oxygens (including phenoxy) is 2. The van der Waals surface area contributed by atoms with Crippen LogP contribution in [0, 0.1) is 0 Å². The lowest BCUT2D eigenvalue weighted by atomic mass is 10.1. The van der Waals surface area contributed by atoms with Crippen molar-refractivity contribution in [2.75, 3.05) is 26.3 Å². The van der Waals surface area contributed by atoms with Crippen molar-refractivity contribution in [3.05, 3.63) is 57.6 Å². The van der Waals surface area contributed by atoms with Gasteiger partial charge in [-0.3, -0.25) is 19.3 Å². The van der Waals surface area contributed by atoms with Crippen LogP contribution in [0.5, 0.6) is 11.5 Å². The van der Waals surface area contributed by atoms with Crippen LogP contribution in [-0.2, 0) is 11.2 Å². The van der Waals surface area contributed by atoms with E-state index in [0.717, 1.165) is 16.2 Å². The fraction of sp³-hybridized carbons (Fsp3) is 0.250. The molecule has 2 heterocycles. The molecule has 0 atom stereocenters. The van der Waals surface area contributed by atoms with E-state index in [0.29, 0.717) is 47.5 Å². The molecule has 8 heteroatoms. The third-order valence-electron chi connectivity index (χ3n) is 4.58. The zero-order chi connectivity index (χ0) is 19.7. The lowest BCUT2D eigenvalue weighted by Gasteiger charge is -2.19. The highest BCUT2D eigenvalue weighted by Gasteiger charge is 2.36. The molecule has 4 rings (SSSR count). The quantitative estimate of drug-likeness (QED) is 0.714. The zero-order valence-corrected chi connectivity index (χ0v) is 16.5. The molecule has 0 fully saturated rings. The number of nitrogens with zero attached hydrogens (tertiary/aromatic N) is 1. The molecule has 0 radical (unpaired) electrons. The Kier molecular flexibility index (Phi) is 5.04. The van der Waals surface area contributed by atoms with Gasteiger partial charge in [0.1, 0.15) is 19.8 Å². The smallest absolute Gasteiger partial charge is 0.262 e. The van der Waals surface area contributed by atoms with Crippen molar-refractivity contribution >= 4 is 33.7 Å². The van der Waals surface area contributed by atoms with E-state index in [1.54, 1.807) is 18.2 Å². The van der Waals surface area contributed by atoms with Gasteiger partial charge in [-0.15, -0.1) is 0 Å². The van der Waals surface area contributed by atoms with Crippen LogP contribution in [-0.4, -0.2) is 48.9 Å². The number of rotatable bonds is 5. The predicted molar refractivity (Wildman–Crippen MR) is 104 cm³/mol. The molecule has 2 aromatic rings. The fourth-order valence-electron chi connectivity index (χ4n) is 3.20. The van der Waals surface area contributed by atoms with Crippen molar-refractivity contribution in [2.45, 2.75) is 6.42 Å². The summed E-state index contributed by atoms with van der Waals surface area (Å²) in [6.07, 6.45) is 0.595. The minimum absolute atomic E-state index is 0.300. The van der Waals surface area contributed by atoms with Crippen molar-refractivity contribution in [1.29, 1.82) is 0 Å². The van der Waals surface area contributed by atoms with Gasteiger partial charge in [0.05, 0.1) is 11.1 Å². The third kappa shape index (κ3) is 3.60. The topological polar surface area (TPSA) is 84.9 Å². The SMILES string of the molecule is O=C(CN1C(=O)c2ccc(Br)cc2C1=O)NCCc1ccc2c(c1)OCCO2. The molecule has 0 bridgehead atoms. The third-order valence-corrected chi connectivity index (χ3v) is 5.07. The van der Waals surface area contributed by atoms with E-state index < -0.39 is 11.8 Å². The Labute approximate surface area is 169 Å². The Morgan fingerprint density at radius 3 is 2.57 bits per heavy atom. The van der Waals surface area contributed by atoms with Crippen molar-refractivity contribution in [1.82, 2.24) is 10.2 Å². The van der Waals surface area contributed by atoms with Gasteiger partial charge in [-0.05, 0) is 42.3 Å². The van der Waals surface area contributed by atoms with Gasteiger partial charge in [0.15, 0.2) is 11.5 Å². The average Bonchev–Trinajstić information content (AvgIpc) is 2.92. The first-order valence-corrected chi connectivity index (χ1v) is 9.63. The maximum atomic E-state index is 12.4. The van der Waals surface area contributed by atoms with Gasteiger partial charge in [-0.1, -0.05) is 22.0 Å². The molecule has 7 nitrogen and oxygen atoms in total. The van der Waals surface area contributed by atoms with Crippen LogP contribution in [0.1, 0.15) is 26.3 Å². The van der Waals surface area contributed by atoms with Gasteiger partial charge in [0.2, 0.25) is 5.91 Å². The number of hydrogen-bond acceptors (Lipinski definition) is 5. The van der Waals surface area contributed by atoms with Gasteiger partial charge in [0.25, 0.3) is 11.8 Å². The summed E-state index contributed by atoms with van der Waals surface area (Å²) in [6.45, 7) is 1.14. The van der Waals surface area contributed by atoms with Crippen molar-refractivity contribution in [3.63, 3.8) is 0 Å². The van der Waals surface area contributed by atoms with E-state index in [2.05, 4.69) is 21.2 Å². The molecule has 0 aromatic heterocycles. The molecule has 0 aliphatic carbocycles. The Morgan fingerprint density at radius 1 is 1.00 bits per heavy atom. The average molecular weight is 445 g/mol. The van der Waals surface area contributed by atoms with Crippen LogP contribution >= 0.6 is 15.9 Å². The molecular weight excluding hydrogens is 428 g/mol. The summed E-state index contributed by atoms with van der Waals surface area (Å²) in [5, 5.41) is 2.75. The summed E-state index contributed by atoms with van der Waals surface area (Å²) in [5.41, 5.74) is 1.62. The molecule has 2 aliphatic rings. The van der Waals surface area contributed by atoms with E-state index in [1.807, 2.05) is 18.2 Å². The zero-order valence-electron chi connectivity index (χ0n) is 14.9. The minimum atomic E-state index is -0.455. The lowest BCUT2D eigenvalue weighted by molar-refractivity contribution is -0.121. The van der Waals surface area contributed by atoms with Crippen LogP contribution in [0.2, 0.25) is 0 Å². The molecule has 2 aliphatic heterocycles. The number of carbonyl (C=O) groups is 3. The Morgan fingerprint density at radius 2 is 1.75 bits per heavy atom. The van der Waals surface area contributed by atoms with Crippen molar-refractivity contribution in [3.8, 4) is 11.5 Å². The predicted octanol–water partition coefficient (Wildman–Crippen LogP) is 2.18. The molecular formula is C20H17BrN2O5. The number of hydrogen-bond donors (Lipinski definition) is 1. The number of amides is 3. The lowest BCUT2D eigenvalue weighted by Crippen LogP contribution is -2.40. The number of fused-ring (bicyclic) bond motifs is 2. The highest BCUT2D eigenvalue weighted by molar-refractivity contribution is 9.10. The highest BCUT2D eigenvalue weighted by Crippen LogP contribution is 2.30. The first-order chi connectivity index (χ1) is 13.5. The number of carbonyl (C=O) groups excluding carboxylic acids is 3. The highest BCUT2D eigenvalue weighted by atomic mass is 79.9. The normalized spacial score (nSPS) is 14.8. The van der Waals surface area contributed by atoms with Gasteiger partial charge in [-0.25, -0.2) is 0 Å². The minimum Gasteiger partial charge on any atom is -0.486 e. The van der Waals surface area contributed by atoms with Crippen molar-refractivity contribution in [2.24, 2.45) is 0 Å². The summed E-state index contributed by atoms with van der Waals surface area (Å²) < 4.78 is 11.7. The summed E-state index contributed by atoms with van der Waals surface area (Å²) in [5.74, 6) is 0.132. The molecule has 0 saturated carbocycles. The molecule has 0 saturated heterocycles. The Hall–Kier alpha value is -2.87. The second-order valence-electron chi connectivity index (χ2n) is 6.46. The van der Waals surface area contributed by atoms with Crippen LogP contribution in [0.4, 0.5) is 0 Å². The molecule has 28 heavy (non-hydrogen) atoms. The van der Waals surface area contributed by atoms with Gasteiger partial charge in [0, 0.05) is 11.0 Å². The summed E-state index contributed by atoms with van der Waals surface area (Å²) in [4.78, 5) is 38.0.